The van der Waals surface area contributed by atoms with Crippen LogP contribution in [0, 0.1) is 22.7 Å². The van der Waals surface area contributed by atoms with Gasteiger partial charge in [0.05, 0.1) is 58.6 Å². The molecule has 0 aliphatic carbocycles. The number of benzene rings is 1. The smallest absolute Gasteiger partial charge is 0.310 e. The molecule has 7 rings (SSSR count). The van der Waals surface area contributed by atoms with Gasteiger partial charge in [0.2, 0.25) is 0 Å². The van der Waals surface area contributed by atoms with Crippen LogP contribution in [0.1, 0.15) is 30.8 Å². The normalized spacial score (nSPS) is 16.1. The predicted molar refractivity (Wildman–Crippen MR) is 179 cm³/mol. The van der Waals surface area contributed by atoms with Crippen molar-refractivity contribution in [3.05, 3.63) is 54.7 Å². The molecular weight excluding hydrogens is 628 g/mol. The van der Waals surface area contributed by atoms with Gasteiger partial charge < -0.3 is 29.7 Å². The number of ether oxygens (including phenoxy) is 3. The zero-order chi connectivity index (χ0) is 34.1. The number of hydrogen-bond acceptors (Lipinski definition) is 12. The molecule has 1 fully saturated rings. The molecule has 252 valence electrons. The summed E-state index contributed by atoms with van der Waals surface area (Å²) in [6.07, 6.45) is 7.52. The molecule has 49 heavy (non-hydrogen) atoms. The fourth-order valence-corrected chi connectivity index (χ4v) is 6.04. The molecule has 1 amide bonds. The van der Waals surface area contributed by atoms with Gasteiger partial charge in [-0.05, 0) is 38.9 Å². The van der Waals surface area contributed by atoms with Gasteiger partial charge >= 0.3 is 5.97 Å². The maximum atomic E-state index is 13.7. The molecule has 4 aromatic heterocycles. The molecule has 0 saturated carbocycles. The summed E-state index contributed by atoms with van der Waals surface area (Å²) in [5, 5.41) is 25.3. The fraction of sp³-hybridized carbons (Fsp3) is 0.382. The standard InChI is InChI=1S/C34H36N10O5/c1-34(2,19-35)20-49-33(46)21-5-10-42(18-21)11-7-38-32(45)30-23-16-39-24(22-17-40-43-9-4-6-37-31(22)43)13-26(23)44(41-30)27-15-28-25(14-29(27)47-3)36-8-12-48-28/h4,6,9,13-17,21,36H,5,7-8,10-12,18,20H2,1-3H3,(H,38,45)/t21-/m1/s1. The van der Waals surface area contributed by atoms with Crippen molar-refractivity contribution in [2.24, 2.45) is 11.3 Å². The Bertz CT molecular complexity index is 2100. The molecule has 15 heteroatoms. The van der Waals surface area contributed by atoms with Crippen molar-refractivity contribution >= 4 is 34.1 Å². The van der Waals surface area contributed by atoms with E-state index in [1.165, 1.54) is 0 Å². The van der Waals surface area contributed by atoms with Crippen LogP contribution in [0.4, 0.5) is 5.69 Å². The Kier molecular flexibility index (Phi) is 8.47. The number of hydrogen-bond donors (Lipinski definition) is 2. The Hall–Kier alpha value is -5.75. The van der Waals surface area contributed by atoms with Crippen molar-refractivity contribution in [2.75, 3.05) is 58.4 Å². The third-order valence-electron chi connectivity index (χ3n) is 8.72. The average molecular weight is 665 g/mol. The van der Waals surface area contributed by atoms with Crippen LogP contribution in [0.2, 0.25) is 0 Å². The first-order valence-electron chi connectivity index (χ1n) is 16.1. The molecule has 2 aliphatic rings. The minimum Gasteiger partial charge on any atom is -0.494 e. The monoisotopic (exact) mass is 664 g/mol. The molecule has 0 radical (unpaired) electrons. The number of carbonyl (C=O) groups is 2. The molecule has 1 aromatic carbocycles. The van der Waals surface area contributed by atoms with Gasteiger partial charge in [0.25, 0.3) is 5.91 Å². The van der Waals surface area contributed by atoms with E-state index in [4.69, 9.17) is 24.3 Å². The molecule has 1 saturated heterocycles. The summed E-state index contributed by atoms with van der Waals surface area (Å²) < 4.78 is 20.5. The minimum absolute atomic E-state index is 0.0587. The quantitative estimate of drug-likeness (QED) is 0.209. The van der Waals surface area contributed by atoms with E-state index in [-0.39, 0.29) is 30.1 Å². The van der Waals surface area contributed by atoms with E-state index in [2.05, 4.69) is 31.7 Å². The first-order chi connectivity index (χ1) is 23.7. The second-order valence-electron chi connectivity index (χ2n) is 12.7. The molecule has 1 atom stereocenters. The van der Waals surface area contributed by atoms with Crippen molar-refractivity contribution in [3.63, 3.8) is 0 Å². The topological polar surface area (TPSA) is 174 Å². The van der Waals surface area contributed by atoms with Gasteiger partial charge in [0.1, 0.15) is 30.4 Å². The first kappa shape index (κ1) is 31.8. The highest BCUT2D eigenvalue weighted by Gasteiger charge is 2.31. The van der Waals surface area contributed by atoms with Crippen molar-refractivity contribution in [1.29, 1.82) is 5.26 Å². The van der Waals surface area contributed by atoms with E-state index in [0.29, 0.717) is 85.2 Å². The SMILES string of the molecule is COc1cc2c(cc1-n1nc(C(=O)NCCN3CC[C@@H](C(=O)OCC(C)(C)C#N)C3)c3cnc(-c4cnn5cccnc45)cc31)OCCN2. The highest BCUT2D eigenvalue weighted by molar-refractivity contribution is 6.05. The Labute approximate surface area is 281 Å². The number of nitrogens with zero attached hydrogens (tertiary/aromatic N) is 8. The molecule has 15 nitrogen and oxygen atoms in total. The lowest BCUT2D eigenvalue weighted by atomic mass is 9.97. The molecule has 0 spiro atoms. The van der Waals surface area contributed by atoms with Gasteiger partial charge in [-0.2, -0.15) is 15.5 Å². The number of likely N-dealkylation sites (tertiary alicyclic amines) is 1. The van der Waals surface area contributed by atoms with Gasteiger partial charge in [-0.3, -0.25) is 14.6 Å². The minimum atomic E-state index is -0.728. The summed E-state index contributed by atoms with van der Waals surface area (Å²) in [5.74, 6) is 0.276. The van der Waals surface area contributed by atoms with Crippen LogP contribution in [0.25, 0.3) is 33.5 Å². The Morgan fingerprint density at radius 1 is 1.22 bits per heavy atom. The summed E-state index contributed by atoms with van der Waals surface area (Å²) in [4.78, 5) is 37.6. The second kappa shape index (κ2) is 13.0. The number of carbonyl (C=O) groups excluding carboxylic acids is 2. The van der Waals surface area contributed by atoms with Crippen LogP contribution in [0.3, 0.4) is 0 Å². The van der Waals surface area contributed by atoms with Crippen LogP contribution in [0.5, 0.6) is 11.5 Å². The molecular formula is C34H36N10O5. The predicted octanol–water partition coefficient (Wildman–Crippen LogP) is 3.09. The highest BCUT2D eigenvalue weighted by Crippen LogP contribution is 2.38. The van der Waals surface area contributed by atoms with E-state index in [1.54, 1.807) is 54.8 Å². The summed E-state index contributed by atoms with van der Waals surface area (Å²) in [7, 11) is 1.58. The van der Waals surface area contributed by atoms with Crippen LogP contribution < -0.4 is 20.1 Å². The lowest BCUT2D eigenvalue weighted by molar-refractivity contribution is -0.150. The molecule has 2 N–H and O–H groups in total. The van der Waals surface area contributed by atoms with Crippen LogP contribution in [0.15, 0.2) is 49.1 Å². The number of nitriles is 1. The molecule has 0 bridgehead atoms. The summed E-state index contributed by atoms with van der Waals surface area (Å²) in [6, 6.07) is 9.52. The highest BCUT2D eigenvalue weighted by atomic mass is 16.5. The fourth-order valence-electron chi connectivity index (χ4n) is 6.04. The van der Waals surface area contributed by atoms with E-state index < -0.39 is 5.41 Å². The van der Waals surface area contributed by atoms with Crippen LogP contribution in [-0.4, -0.2) is 99.2 Å². The second-order valence-corrected chi connectivity index (χ2v) is 12.7. The van der Waals surface area contributed by atoms with Crippen LogP contribution in [-0.2, 0) is 9.53 Å². The number of pyridine rings is 1. The van der Waals surface area contributed by atoms with Gasteiger partial charge in [-0.25, -0.2) is 14.2 Å². The van der Waals surface area contributed by atoms with Crippen molar-refractivity contribution in [2.45, 2.75) is 20.3 Å². The Balaban J connectivity index is 1.14. The zero-order valence-electron chi connectivity index (χ0n) is 27.5. The molecule has 6 heterocycles. The third-order valence-corrected chi connectivity index (χ3v) is 8.72. The number of rotatable bonds is 10. The van der Waals surface area contributed by atoms with E-state index in [0.717, 1.165) is 11.3 Å². The van der Waals surface area contributed by atoms with Gasteiger partial charge in [-0.15, -0.1) is 0 Å². The molecule has 2 aliphatic heterocycles. The number of esters is 1. The van der Waals surface area contributed by atoms with Crippen molar-refractivity contribution in [1.82, 2.24) is 39.6 Å². The number of anilines is 1. The van der Waals surface area contributed by atoms with Gasteiger partial charge in [-0.1, -0.05) is 0 Å². The maximum Gasteiger partial charge on any atom is 0.310 e. The van der Waals surface area contributed by atoms with E-state index >= 15 is 0 Å². The summed E-state index contributed by atoms with van der Waals surface area (Å²) in [6.45, 7) is 6.84. The zero-order valence-corrected chi connectivity index (χ0v) is 27.5. The Morgan fingerprint density at radius 3 is 2.94 bits per heavy atom. The number of aromatic nitrogens is 6. The van der Waals surface area contributed by atoms with Gasteiger partial charge in [0, 0.05) is 56.9 Å². The largest absolute Gasteiger partial charge is 0.494 e. The van der Waals surface area contributed by atoms with Crippen molar-refractivity contribution < 1.29 is 23.8 Å². The average Bonchev–Trinajstić information content (AvgIpc) is 3.87. The van der Waals surface area contributed by atoms with Gasteiger partial charge in [0.15, 0.2) is 11.3 Å². The molecule has 0 unspecified atom stereocenters. The Morgan fingerprint density at radius 2 is 2.10 bits per heavy atom. The number of methoxy groups -OCH3 is 1. The summed E-state index contributed by atoms with van der Waals surface area (Å²) >= 11 is 0. The lowest BCUT2D eigenvalue weighted by Gasteiger charge is -2.21. The maximum absolute atomic E-state index is 13.7. The summed E-state index contributed by atoms with van der Waals surface area (Å²) in [5.41, 5.74) is 3.50. The lowest BCUT2D eigenvalue weighted by Crippen LogP contribution is -2.35. The van der Waals surface area contributed by atoms with Crippen LogP contribution >= 0.6 is 0 Å². The number of amides is 1. The van der Waals surface area contributed by atoms with E-state index in [1.807, 2.05) is 24.4 Å². The molecule has 5 aromatic rings. The first-order valence-corrected chi connectivity index (χ1v) is 16.1. The van der Waals surface area contributed by atoms with E-state index in [9.17, 15) is 14.9 Å². The third kappa shape index (κ3) is 6.30. The number of nitrogens with one attached hydrogen (secondary N) is 2. The van der Waals surface area contributed by atoms with Crippen molar-refractivity contribution in [3.8, 4) is 34.5 Å². The number of fused-ring (bicyclic) bond motifs is 3.